The Bertz CT molecular complexity index is 301. The van der Waals surface area contributed by atoms with Gasteiger partial charge in [0.2, 0.25) is 0 Å². The SMILES string of the molecule is CC(C)N1CCC(O)C(O)C1.Nc1ccoc1. The van der Waals surface area contributed by atoms with Crippen molar-refractivity contribution in [2.75, 3.05) is 18.8 Å². The van der Waals surface area contributed by atoms with Crippen LogP contribution in [0.15, 0.2) is 23.0 Å². The van der Waals surface area contributed by atoms with Crippen LogP contribution < -0.4 is 5.73 Å². The fraction of sp³-hybridized carbons (Fsp3) is 0.667. The molecular weight excluding hydrogens is 220 g/mol. The largest absolute Gasteiger partial charge is 0.470 e. The summed E-state index contributed by atoms with van der Waals surface area (Å²) in [6.07, 6.45) is 2.66. The van der Waals surface area contributed by atoms with Crippen LogP contribution in [0.25, 0.3) is 0 Å². The normalized spacial score (nSPS) is 25.5. The van der Waals surface area contributed by atoms with Crippen molar-refractivity contribution in [2.45, 2.75) is 38.5 Å². The number of hydrogen-bond donors (Lipinski definition) is 3. The molecule has 0 bridgehead atoms. The molecule has 0 aromatic carbocycles. The van der Waals surface area contributed by atoms with Crippen molar-refractivity contribution in [1.29, 1.82) is 0 Å². The zero-order valence-corrected chi connectivity index (χ0v) is 10.4. The minimum Gasteiger partial charge on any atom is -0.470 e. The first-order valence-corrected chi connectivity index (χ1v) is 5.88. The number of nitrogen functional groups attached to an aromatic ring is 1. The second-order valence-electron chi connectivity index (χ2n) is 4.57. The van der Waals surface area contributed by atoms with Crippen molar-refractivity contribution in [3.63, 3.8) is 0 Å². The molecule has 4 N–H and O–H groups in total. The number of anilines is 1. The molecule has 0 saturated carbocycles. The summed E-state index contributed by atoms with van der Waals surface area (Å²) in [5, 5.41) is 18.5. The van der Waals surface area contributed by atoms with E-state index in [1.54, 1.807) is 6.07 Å². The van der Waals surface area contributed by atoms with Crippen molar-refractivity contribution in [3.8, 4) is 0 Å². The molecule has 0 amide bonds. The number of aliphatic hydroxyl groups is 2. The minimum atomic E-state index is -0.550. The maximum atomic E-state index is 9.31. The average molecular weight is 242 g/mol. The Morgan fingerprint density at radius 2 is 2.12 bits per heavy atom. The Balaban J connectivity index is 0.000000202. The van der Waals surface area contributed by atoms with Gasteiger partial charge in [-0.3, -0.25) is 4.90 Å². The standard InChI is InChI=1S/C8H17NO2.C4H5NO/c1-6(2)9-4-3-7(10)8(11)5-9;5-4-1-2-6-3-4/h6-8,10-11H,3-5H2,1-2H3;1-3H,5H2. The van der Waals surface area contributed by atoms with E-state index >= 15 is 0 Å². The Labute approximate surface area is 102 Å². The van der Waals surface area contributed by atoms with Crippen molar-refractivity contribution in [1.82, 2.24) is 4.90 Å². The van der Waals surface area contributed by atoms with E-state index in [0.717, 1.165) is 6.54 Å². The summed E-state index contributed by atoms with van der Waals surface area (Å²) < 4.78 is 4.59. The first kappa shape index (κ1) is 14.0. The molecule has 1 fully saturated rings. The van der Waals surface area contributed by atoms with E-state index in [1.807, 2.05) is 0 Å². The van der Waals surface area contributed by atoms with Gasteiger partial charge in [-0.1, -0.05) is 0 Å². The quantitative estimate of drug-likeness (QED) is 0.674. The molecule has 1 aliphatic heterocycles. The lowest BCUT2D eigenvalue weighted by molar-refractivity contribution is -0.0456. The van der Waals surface area contributed by atoms with Crippen LogP contribution in [0.4, 0.5) is 5.69 Å². The minimum absolute atomic E-state index is 0.470. The summed E-state index contributed by atoms with van der Waals surface area (Å²) in [5.41, 5.74) is 5.86. The van der Waals surface area contributed by atoms with E-state index < -0.39 is 12.2 Å². The van der Waals surface area contributed by atoms with Crippen molar-refractivity contribution < 1.29 is 14.6 Å². The summed E-state index contributed by atoms with van der Waals surface area (Å²) in [4.78, 5) is 2.18. The van der Waals surface area contributed by atoms with Crippen LogP contribution in [-0.2, 0) is 0 Å². The Hall–Kier alpha value is -1.04. The molecule has 5 nitrogen and oxygen atoms in total. The number of β-amino-alcohol motifs (C(OH)–C–C–N with tert-alkyl or cyclic N) is 1. The lowest BCUT2D eigenvalue weighted by Crippen LogP contribution is -2.49. The van der Waals surface area contributed by atoms with Crippen LogP contribution in [0.5, 0.6) is 0 Å². The van der Waals surface area contributed by atoms with Gasteiger partial charge in [-0.2, -0.15) is 0 Å². The lowest BCUT2D eigenvalue weighted by Gasteiger charge is -2.35. The number of hydrogen-bond acceptors (Lipinski definition) is 5. The van der Waals surface area contributed by atoms with Crippen LogP contribution in [0, 0.1) is 0 Å². The van der Waals surface area contributed by atoms with E-state index in [4.69, 9.17) is 5.73 Å². The number of nitrogens with zero attached hydrogens (tertiary/aromatic N) is 1. The van der Waals surface area contributed by atoms with Crippen LogP contribution in [0.3, 0.4) is 0 Å². The third-order valence-electron chi connectivity index (χ3n) is 2.85. The number of furan rings is 1. The highest BCUT2D eigenvalue weighted by atomic mass is 16.3. The molecule has 1 aliphatic rings. The first-order valence-electron chi connectivity index (χ1n) is 5.88. The summed E-state index contributed by atoms with van der Waals surface area (Å²) in [7, 11) is 0. The van der Waals surface area contributed by atoms with Gasteiger partial charge >= 0.3 is 0 Å². The maximum Gasteiger partial charge on any atom is 0.113 e. The third kappa shape index (κ3) is 4.77. The average Bonchev–Trinajstić information content (AvgIpc) is 2.74. The van der Waals surface area contributed by atoms with Gasteiger partial charge in [0, 0.05) is 19.1 Å². The van der Waals surface area contributed by atoms with Gasteiger partial charge in [0.25, 0.3) is 0 Å². The number of likely N-dealkylation sites (tertiary alicyclic amines) is 1. The molecule has 1 aromatic heterocycles. The zero-order chi connectivity index (χ0) is 12.8. The molecule has 1 aromatic rings. The summed E-state index contributed by atoms with van der Waals surface area (Å²) in [5.74, 6) is 0. The Morgan fingerprint density at radius 1 is 1.41 bits per heavy atom. The molecule has 98 valence electrons. The van der Waals surface area contributed by atoms with E-state index in [9.17, 15) is 10.2 Å². The van der Waals surface area contributed by atoms with Gasteiger partial charge < -0.3 is 20.4 Å². The monoisotopic (exact) mass is 242 g/mol. The molecule has 0 aliphatic carbocycles. The van der Waals surface area contributed by atoms with Gasteiger partial charge in [0.15, 0.2) is 0 Å². The second-order valence-corrected chi connectivity index (χ2v) is 4.57. The van der Waals surface area contributed by atoms with E-state index in [-0.39, 0.29) is 0 Å². The molecule has 2 unspecified atom stereocenters. The molecule has 17 heavy (non-hydrogen) atoms. The van der Waals surface area contributed by atoms with Gasteiger partial charge in [-0.05, 0) is 26.3 Å². The second kappa shape index (κ2) is 6.64. The molecule has 5 heteroatoms. The number of aliphatic hydroxyl groups excluding tert-OH is 2. The Morgan fingerprint density at radius 3 is 2.47 bits per heavy atom. The van der Waals surface area contributed by atoms with Crippen molar-refractivity contribution >= 4 is 5.69 Å². The topological polar surface area (TPSA) is 82.9 Å². The Kier molecular flexibility index (Phi) is 5.47. The summed E-state index contributed by atoms with van der Waals surface area (Å²) >= 11 is 0. The first-order chi connectivity index (χ1) is 8.00. The van der Waals surface area contributed by atoms with Crippen molar-refractivity contribution in [2.24, 2.45) is 0 Å². The summed E-state index contributed by atoms with van der Waals surface area (Å²) in [6, 6.07) is 2.16. The predicted octanol–water partition coefficient (Wildman–Crippen LogP) is 0.684. The van der Waals surface area contributed by atoms with Crippen LogP contribution >= 0.6 is 0 Å². The summed E-state index contributed by atoms with van der Waals surface area (Å²) in [6.45, 7) is 5.71. The highest BCUT2D eigenvalue weighted by Gasteiger charge is 2.26. The highest BCUT2D eigenvalue weighted by Crippen LogP contribution is 2.12. The third-order valence-corrected chi connectivity index (χ3v) is 2.85. The number of piperidine rings is 1. The molecular formula is C12H22N2O3. The fourth-order valence-electron chi connectivity index (χ4n) is 1.69. The van der Waals surface area contributed by atoms with Crippen LogP contribution in [0.1, 0.15) is 20.3 Å². The van der Waals surface area contributed by atoms with Gasteiger partial charge in [-0.25, -0.2) is 0 Å². The number of nitrogens with two attached hydrogens (primary N) is 1. The van der Waals surface area contributed by atoms with Gasteiger partial charge in [0.1, 0.15) is 6.26 Å². The molecule has 1 saturated heterocycles. The molecule has 2 rings (SSSR count). The van der Waals surface area contributed by atoms with Crippen molar-refractivity contribution in [3.05, 3.63) is 18.6 Å². The van der Waals surface area contributed by atoms with Crippen LogP contribution in [-0.4, -0.2) is 46.5 Å². The lowest BCUT2D eigenvalue weighted by atomic mass is 10.0. The molecule has 2 heterocycles. The van der Waals surface area contributed by atoms with E-state index in [2.05, 4.69) is 23.2 Å². The highest BCUT2D eigenvalue weighted by molar-refractivity contribution is 5.30. The van der Waals surface area contributed by atoms with Gasteiger partial charge in [-0.15, -0.1) is 0 Å². The maximum absolute atomic E-state index is 9.31. The van der Waals surface area contributed by atoms with E-state index in [0.29, 0.717) is 24.7 Å². The number of rotatable bonds is 1. The van der Waals surface area contributed by atoms with Gasteiger partial charge in [0.05, 0.1) is 24.2 Å². The molecule has 0 spiro atoms. The fourth-order valence-corrected chi connectivity index (χ4v) is 1.69. The predicted molar refractivity (Wildman–Crippen MR) is 66.5 cm³/mol. The van der Waals surface area contributed by atoms with Crippen LogP contribution in [0.2, 0.25) is 0 Å². The zero-order valence-electron chi connectivity index (χ0n) is 10.4. The smallest absolute Gasteiger partial charge is 0.113 e. The van der Waals surface area contributed by atoms with E-state index in [1.165, 1.54) is 12.5 Å². The molecule has 2 atom stereocenters. The molecule has 0 radical (unpaired) electrons.